The van der Waals surface area contributed by atoms with Gasteiger partial charge in [0.05, 0.1) is 25.0 Å². The molecule has 1 aromatic carbocycles. The molecule has 1 saturated heterocycles. The number of pyridine rings is 1. The van der Waals surface area contributed by atoms with Gasteiger partial charge in [-0.1, -0.05) is 6.07 Å². The molecule has 120 valence electrons. The number of methoxy groups -OCH3 is 1. The summed E-state index contributed by atoms with van der Waals surface area (Å²) in [7, 11) is 1.62. The minimum Gasteiger partial charge on any atom is -0.481 e. The van der Waals surface area contributed by atoms with Gasteiger partial charge in [0, 0.05) is 37.0 Å². The number of benzene rings is 1. The van der Waals surface area contributed by atoms with Crippen LogP contribution in [-0.4, -0.2) is 37.8 Å². The van der Waals surface area contributed by atoms with Crippen molar-refractivity contribution in [2.45, 2.75) is 18.9 Å². The van der Waals surface area contributed by atoms with Gasteiger partial charge >= 0.3 is 0 Å². The third-order valence-electron chi connectivity index (χ3n) is 4.83. The largest absolute Gasteiger partial charge is 0.481 e. The zero-order chi connectivity index (χ0) is 15.8. The molecule has 2 aliphatic heterocycles. The van der Waals surface area contributed by atoms with Crippen molar-refractivity contribution in [3.63, 3.8) is 0 Å². The molecule has 4 rings (SSSR count). The Balaban J connectivity index is 1.47. The molecule has 4 nitrogen and oxygen atoms in total. The number of rotatable bonds is 3. The van der Waals surface area contributed by atoms with Crippen LogP contribution in [0.3, 0.4) is 0 Å². The van der Waals surface area contributed by atoms with Crippen LogP contribution in [0.1, 0.15) is 12.0 Å². The Hall–Kier alpha value is -2.30. The Labute approximate surface area is 135 Å². The van der Waals surface area contributed by atoms with Crippen LogP contribution in [0.5, 0.6) is 5.88 Å². The highest BCUT2D eigenvalue weighted by molar-refractivity contribution is 5.59. The average molecular weight is 313 g/mol. The van der Waals surface area contributed by atoms with E-state index >= 15 is 0 Å². The van der Waals surface area contributed by atoms with Crippen LogP contribution < -0.4 is 14.5 Å². The molecule has 0 amide bonds. The summed E-state index contributed by atoms with van der Waals surface area (Å²) in [5.41, 5.74) is 3.07. The number of aromatic nitrogens is 1. The minimum absolute atomic E-state index is 0.0669. The molecule has 0 radical (unpaired) electrons. The number of nitrogens with zero attached hydrogens (tertiary/aromatic N) is 3. The fourth-order valence-corrected chi connectivity index (χ4v) is 3.53. The first-order chi connectivity index (χ1) is 11.3. The van der Waals surface area contributed by atoms with Crippen molar-refractivity contribution in [2.75, 3.05) is 36.5 Å². The van der Waals surface area contributed by atoms with E-state index in [4.69, 9.17) is 4.74 Å². The summed E-state index contributed by atoms with van der Waals surface area (Å²) in [5.74, 6) is 0.564. The number of ether oxygens (including phenoxy) is 1. The first-order valence-corrected chi connectivity index (χ1v) is 8.05. The third kappa shape index (κ3) is 2.50. The van der Waals surface area contributed by atoms with Crippen molar-refractivity contribution >= 4 is 11.4 Å². The molecule has 2 aromatic rings. The Morgan fingerprint density at radius 3 is 2.83 bits per heavy atom. The van der Waals surface area contributed by atoms with E-state index in [1.54, 1.807) is 13.2 Å². The predicted octanol–water partition coefficient (Wildman–Crippen LogP) is 2.87. The lowest BCUT2D eigenvalue weighted by molar-refractivity contribution is 0.397. The fraction of sp³-hybridized carbons (Fsp3) is 0.389. The molecule has 5 heteroatoms. The van der Waals surface area contributed by atoms with E-state index in [0.717, 1.165) is 49.4 Å². The van der Waals surface area contributed by atoms with Crippen LogP contribution in [0, 0.1) is 5.82 Å². The molecule has 1 aromatic heterocycles. The summed E-state index contributed by atoms with van der Waals surface area (Å²) in [6.45, 7) is 2.91. The standard InChI is InChI=1S/C18H20FN3O/c1-23-18-8-7-13(10-20-18)21-11-14(12-21)22-9-3-4-15-16(19)5-2-6-17(15)22/h2,5-8,10,14H,3-4,9,11-12H2,1H3. The smallest absolute Gasteiger partial charge is 0.213 e. The lowest BCUT2D eigenvalue weighted by Gasteiger charge is -2.49. The molecule has 0 aliphatic carbocycles. The van der Waals surface area contributed by atoms with E-state index in [0.29, 0.717) is 11.9 Å². The van der Waals surface area contributed by atoms with Gasteiger partial charge < -0.3 is 14.5 Å². The van der Waals surface area contributed by atoms with Gasteiger partial charge in [-0.25, -0.2) is 9.37 Å². The summed E-state index contributed by atoms with van der Waals surface area (Å²) in [4.78, 5) is 8.92. The van der Waals surface area contributed by atoms with Crippen LogP contribution in [0.25, 0.3) is 0 Å². The highest BCUT2D eigenvalue weighted by Gasteiger charge is 2.34. The number of anilines is 2. The molecule has 2 aliphatic rings. The molecular formula is C18H20FN3O. The zero-order valence-corrected chi connectivity index (χ0v) is 13.2. The van der Waals surface area contributed by atoms with Gasteiger partial charge in [-0.05, 0) is 31.0 Å². The summed E-state index contributed by atoms with van der Waals surface area (Å²) in [6, 6.07) is 9.79. The van der Waals surface area contributed by atoms with Gasteiger partial charge in [0.1, 0.15) is 5.82 Å². The lowest BCUT2D eigenvalue weighted by atomic mass is 9.96. The first kappa shape index (κ1) is 14.3. The van der Waals surface area contributed by atoms with Crippen molar-refractivity contribution in [3.8, 4) is 5.88 Å². The zero-order valence-electron chi connectivity index (χ0n) is 13.2. The van der Waals surface area contributed by atoms with E-state index in [9.17, 15) is 4.39 Å². The maximum atomic E-state index is 14.0. The number of fused-ring (bicyclic) bond motifs is 1. The second kappa shape index (κ2) is 5.72. The highest BCUT2D eigenvalue weighted by Crippen LogP contribution is 2.34. The molecule has 0 atom stereocenters. The van der Waals surface area contributed by atoms with Crippen molar-refractivity contribution in [2.24, 2.45) is 0 Å². The van der Waals surface area contributed by atoms with E-state index in [1.165, 1.54) is 0 Å². The van der Waals surface area contributed by atoms with E-state index in [1.807, 2.05) is 24.4 Å². The molecule has 0 spiro atoms. The van der Waals surface area contributed by atoms with Crippen molar-refractivity contribution in [1.29, 1.82) is 0 Å². The van der Waals surface area contributed by atoms with E-state index in [-0.39, 0.29) is 5.82 Å². The van der Waals surface area contributed by atoms with Crippen molar-refractivity contribution in [1.82, 2.24) is 4.98 Å². The third-order valence-corrected chi connectivity index (χ3v) is 4.83. The van der Waals surface area contributed by atoms with Crippen LogP contribution in [0.15, 0.2) is 36.5 Å². The van der Waals surface area contributed by atoms with Crippen LogP contribution in [0.4, 0.5) is 15.8 Å². The van der Waals surface area contributed by atoms with Gasteiger partial charge in [-0.15, -0.1) is 0 Å². The Morgan fingerprint density at radius 1 is 1.22 bits per heavy atom. The molecule has 0 unspecified atom stereocenters. The second-order valence-electron chi connectivity index (χ2n) is 6.15. The van der Waals surface area contributed by atoms with Gasteiger partial charge in [0.2, 0.25) is 5.88 Å². The van der Waals surface area contributed by atoms with Gasteiger partial charge in [0.15, 0.2) is 0 Å². The summed E-state index contributed by atoms with van der Waals surface area (Å²) in [5, 5.41) is 0. The van der Waals surface area contributed by atoms with Crippen LogP contribution in [0.2, 0.25) is 0 Å². The number of hydrogen-bond acceptors (Lipinski definition) is 4. The molecule has 0 saturated carbocycles. The molecule has 1 fully saturated rings. The Bertz CT molecular complexity index is 698. The Morgan fingerprint density at radius 2 is 2.09 bits per heavy atom. The maximum Gasteiger partial charge on any atom is 0.213 e. The summed E-state index contributed by atoms with van der Waals surface area (Å²) < 4.78 is 19.1. The monoisotopic (exact) mass is 313 g/mol. The molecule has 3 heterocycles. The predicted molar refractivity (Wildman–Crippen MR) is 88.9 cm³/mol. The number of halogens is 1. The highest BCUT2D eigenvalue weighted by atomic mass is 19.1. The SMILES string of the molecule is COc1ccc(N2CC(N3CCCc4c(F)cccc43)C2)cn1. The average Bonchev–Trinajstić information content (AvgIpc) is 2.55. The van der Waals surface area contributed by atoms with Crippen LogP contribution >= 0.6 is 0 Å². The summed E-state index contributed by atoms with van der Waals surface area (Å²) >= 11 is 0. The van der Waals surface area contributed by atoms with Gasteiger partial charge in [-0.2, -0.15) is 0 Å². The first-order valence-electron chi connectivity index (χ1n) is 8.05. The Kier molecular flexibility index (Phi) is 3.56. The molecule has 0 bridgehead atoms. The van der Waals surface area contributed by atoms with Gasteiger partial charge in [-0.3, -0.25) is 0 Å². The molecule has 0 N–H and O–H groups in total. The lowest BCUT2D eigenvalue weighted by Crippen LogP contribution is -2.60. The number of hydrogen-bond donors (Lipinski definition) is 0. The van der Waals surface area contributed by atoms with Crippen molar-refractivity contribution in [3.05, 3.63) is 47.9 Å². The van der Waals surface area contributed by atoms with Gasteiger partial charge in [0.25, 0.3) is 0 Å². The van der Waals surface area contributed by atoms with E-state index < -0.39 is 0 Å². The molecule has 23 heavy (non-hydrogen) atoms. The maximum absolute atomic E-state index is 14.0. The van der Waals surface area contributed by atoms with E-state index in [2.05, 4.69) is 20.9 Å². The summed E-state index contributed by atoms with van der Waals surface area (Å²) in [6.07, 6.45) is 3.71. The topological polar surface area (TPSA) is 28.6 Å². The van der Waals surface area contributed by atoms with Crippen LogP contribution in [-0.2, 0) is 6.42 Å². The second-order valence-corrected chi connectivity index (χ2v) is 6.15. The molecular weight excluding hydrogens is 293 g/mol. The normalized spacial score (nSPS) is 17.7. The quantitative estimate of drug-likeness (QED) is 0.871. The fourth-order valence-electron chi connectivity index (χ4n) is 3.53. The van der Waals surface area contributed by atoms with Crippen molar-refractivity contribution < 1.29 is 9.13 Å². The minimum atomic E-state index is -0.0669.